The Morgan fingerprint density at radius 2 is 2.18 bits per heavy atom. The van der Waals surface area contributed by atoms with Gasteiger partial charge in [0.15, 0.2) is 0 Å². The quantitative estimate of drug-likeness (QED) is 0.581. The van der Waals surface area contributed by atoms with Crippen molar-refractivity contribution in [3.63, 3.8) is 0 Å². The summed E-state index contributed by atoms with van der Waals surface area (Å²) in [6, 6.07) is 11.0. The number of hydrogen-bond donors (Lipinski definition) is 0. The second kappa shape index (κ2) is 5.21. The van der Waals surface area contributed by atoms with Gasteiger partial charge in [-0.25, -0.2) is 4.79 Å². The van der Waals surface area contributed by atoms with E-state index < -0.39 is 6.09 Å². The SMILES string of the molecule is N#CC1CN1C(=O)OCCOc1ccccc1. The van der Waals surface area contributed by atoms with E-state index in [1.807, 2.05) is 36.4 Å². The van der Waals surface area contributed by atoms with Crippen molar-refractivity contribution >= 4 is 6.09 Å². The fourth-order valence-electron chi connectivity index (χ4n) is 1.34. The third-order valence-corrected chi connectivity index (χ3v) is 2.32. The Morgan fingerprint density at radius 3 is 2.82 bits per heavy atom. The topological polar surface area (TPSA) is 62.3 Å². The molecule has 1 saturated heterocycles. The van der Waals surface area contributed by atoms with Crippen molar-refractivity contribution in [2.24, 2.45) is 0 Å². The molecule has 0 bridgehead atoms. The zero-order valence-corrected chi connectivity index (χ0v) is 9.20. The van der Waals surface area contributed by atoms with E-state index in [2.05, 4.69) is 0 Å². The zero-order valence-electron chi connectivity index (χ0n) is 9.20. The molecule has 1 unspecified atom stereocenters. The molecule has 0 N–H and O–H groups in total. The van der Waals surface area contributed by atoms with E-state index in [9.17, 15) is 4.79 Å². The summed E-state index contributed by atoms with van der Waals surface area (Å²) in [6.07, 6.45) is -0.451. The molecule has 5 nitrogen and oxygen atoms in total. The van der Waals surface area contributed by atoms with Crippen LogP contribution in [0.5, 0.6) is 5.75 Å². The normalized spacial score (nSPS) is 17.1. The van der Waals surface area contributed by atoms with Gasteiger partial charge < -0.3 is 9.47 Å². The average Bonchev–Trinajstić information content (AvgIpc) is 3.15. The molecule has 0 spiro atoms. The number of carbonyl (C=O) groups excluding carboxylic acids is 1. The van der Waals surface area contributed by atoms with Crippen LogP contribution in [0.2, 0.25) is 0 Å². The molecule has 0 saturated carbocycles. The van der Waals surface area contributed by atoms with Crippen LogP contribution in [0.25, 0.3) is 0 Å². The van der Waals surface area contributed by atoms with Crippen molar-refractivity contribution < 1.29 is 14.3 Å². The molecule has 1 heterocycles. The lowest BCUT2D eigenvalue weighted by atomic mass is 10.3. The van der Waals surface area contributed by atoms with Gasteiger partial charge in [0.2, 0.25) is 0 Å². The van der Waals surface area contributed by atoms with Crippen molar-refractivity contribution in [3.05, 3.63) is 30.3 Å². The first kappa shape index (κ1) is 11.3. The van der Waals surface area contributed by atoms with Gasteiger partial charge in [-0.3, -0.25) is 4.90 Å². The van der Waals surface area contributed by atoms with Crippen molar-refractivity contribution in [1.29, 1.82) is 5.26 Å². The molecular weight excluding hydrogens is 220 g/mol. The molecule has 1 atom stereocenters. The number of amides is 1. The van der Waals surface area contributed by atoms with E-state index in [4.69, 9.17) is 14.7 Å². The van der Waals surface area contributed by atoms with E-state index in [1.54, 1.807) is 0 Å². The highest BCUT2D eigenvalue weighted by molar-refractivity contribution is 5.71. The molecule has 17 heavy (non-hydrogen) atoms. The number of carbonyl (C=O) groups is 1. The second-order valence-electron chi connectivity index (χ2n) is 3.57. The fourth-order valence-corrected chi connectivity index (χ4v) is 1.34. The molecule has 0 aromatic heterocycles. The predicted molar refractivity (Wildman–Crippen MR) is 59.4 cm³/mol. The highest BCUT2D eigenvalue weighted by Gasteiger charge is 2.39. The lowest BCUT2D eigenvalue weighted by molar-refractivity contribution is 0.111. The van der Waals surface area contributed by atoms with Crippen molar-refractivity contribution in [2.45, 2.75) is 6.04 Å². The van der Waals surface area contributed by atoms with Crippen LogP contribution in [0.15, 0.2) is 30.3 Å². The maximum absolute atomic E-state index is 11.3. The number of benzene rings is 1. The monoisotopic (exact) mass is 232 g/mol. The Kier molecular flexibility index (Phi) is 3.46. The summed E-state index contributed by atoms with van der Waals surface area (Å²) in [4.78, 5) is 12.6. The van der Waals surface area contributed by atoms with E-state index >= 15 is 0 Å². The van der Waals surface area contributed by atoms with Crippen LogP contribution < -0.4 is 4.74 Å². The molecule has 1 aliphatic heterocycles. The molecule has 0 aliphatic carbocycles. The van der Waals surface area contributed by atoms with Crippen LogP contribution in [0, 0.1) is 11.3 Å². The lowest BCUT2D eigenvalue weighted by Gasteiger charge is -2.07. The van der Waals surface area contributed by atoms with Crippen LogP contribution in [0.3, 0.4) is 0 Å². The molecule has 1 fully saturated rings. The van der Waals surface area contributed by atoms with E-state index in [0.717, 1.165) is 5.75 Å². The Bertz CT molecular complexity index is 427. The standard InChI is InChI=1S/C12H12N2O3/c13-8-10-9-14(10)12(15)17-7-6-16-11-4-2-1-3-5-11/h1-5,10H,6-7,9H2. The van der Waals surface area contributed by atoms with Gasteiger partial charge in [-0.1, -0.05) is 18.2 Å². The smallest absolute Gasteiger partial charge is 0.411 e. The molecule has 1 aromatic rings. The number of hydrogen-bond acceptors (Lipinski definition) is 4. The molecule has 1 aromatic carbocycles. The molecule has 88 valence electrons. The van der Waals surface area contributed by atoms with E-state index in [1.165, 1.54) is 4.90 Å². The van der Waals surface area contributed by atoms with Gasteiger partial charge in [0, 0.05) is 0 Å². The Morgan fingerprint density at radius 1 is 1.41 bits per heavy atom. The van der Waals surface area contributed by atoms with Crippen molar-refractivity contribution in [2.75, 3.05) is 19.8 Å². The van der Waals surface area contributed by atoms with E-state index in [0.29, 0.717) is 13.2 Å². The summed E-state index contributed by atoms with van der Waals surface area (Å²) in [6.45, 7) is 0.956. The minimum absolute atomic E-state index is 0.183. The summed E-state index contributed by atoms with van der Waals surface area (Å²) >= 11 is 0. The minimum Gasteiger partial charge on any atom is -0.490 e. The third-order valence-electron chi connectivity index (χ3n) is 2.32. The average molecular weight is 232 g/mol. The third kappa shape index (κ3) is 3.11. The van der Waals surface area contributed by atoms with Crippen LogP contribution in [0.4, 0.5) is 4.79 Å². The van der Waals surface area contributed by atoms with Crippen LogP contribution in [-0.2, 0) is 4.74 Å². The first-order chi connectivity index (χ1) is 8.31. The predicted octanol–water partition coefficient (Wildman–Crippen LogP) is 1.41. The Balaban J connectivity index is 1.61. The molecule has 1 aliphatic rings. The van der Waals surface area contributed by atoms with Crippen molar-refractivity contribution in [3.8, 4) is 11.8 Å². The lowest BCUT2D eigenvalue weighted by Crippen LogP contribution is -2.18. The number of ether oxygens (including phenoxy) is 2. The van der Waals surface area contributed by atoms with Gasteiger partial charge in [-0.05, 0) is 12.1 Å². The number of para-hydroxylation sites is 1. The Hall–Kier alpha value is -2.22. The Labute approximate surface area is 99.2 Å². The van der Waals surface area contributed by atoms with Crippen molar-refractivity contribution in [1.82, 2.24) is 4.90 Å². The summed E-state index contributed by atoms with van der Waals surface area (Å²) < 4.78 is 10.3. The van der Waals surface area contributed by atoms with E-state index in [-0.39, 0.29) is 12.6 Å². The van der Waals surface area contributed by atoms with Crippen LogP contribution in [-0.4, -0.2) is 36.8 Å². The van der Waals surface area contributed by atoms with Crippen LogP contribution >= 0.6 is 0 Å². The largest absolute Gasteiger partial charge is 0.490 e. The molecule has 2 rings (SSSR count). The maximum atomic E-state index is 11.3. The number of rotatable bonds is 4. The summed E-state index contributed by atoms with van der Waals surface area (Å²) in [5.74, 6) is 0.741. The van der Waals surface area contributed by atoms with Gasteiger partial charge in [-0.15, -0.1) is 0 Å². The molecule has 5 heteroatoms. The first-order valence-electron chi connectivity index (χ1n) is 5.32. The summed E-state index contributed by atoms with van der Waals surface area (Å²) in [7, 11) is 0. The van der Waals surface area contributed by atoms with Gasteiger partial charge in [0.25, 0.3) is 0 Å². The minimum atomic E-state index is -0.451. The highest BCUT2D eigenvalue weighted by atomic mass is 16.6. The first-order valence-corrected chi connectivity index (χ1v) is 5.32. The van der Waals surface area contributed by atoms with Gasteiger partial charge in [-0.2, -0.15) is 5.26 Å². The number of nitriles is 1. The molecule has 0 radical (unpaired) electrons. The highest BCUT2D eigenvalue weighted by Crippen LogP contribution is 2.17. The van der Waals surface area contributed by atoms with Crippen LogP contribution in [0.1, 0.15) is 0 Å². The zero-order chi connectivity index (χ0) is 12.1. The summed E-state index contributed by atoms with van der Waals surface area (Å²) in [5.41, 5.74) is 0. The van der Waals surface area contributed by atoms with Gasteiger partial charge >= 0.3 is 6.09 Å². The fraction of sp³-hybridized carbons (Fsp3) is 0.333. The van der Waals surface area contributed by atoms with Gasteiger partial charge in [0.05, 0.1) is 12.6 Å². The second-order valence-corrected chi connectivity index (χ2v) is 3.57. The molecule has 1 amide bonds. The maximum Gasteiger partial charge on any atom is 0.411 e. The van der Waals surface area contributed by atoms with Gasteiger partial charge in [0.1, 0.15) is 25.0 Å². The summed E-state index contributed by atoms with van der Waals surface area (Å²) in [5, 5.41) is 8.52. The number of nitrogens with zero attached hydrogens (tertiary/aromatic N) is 2. The molecular formula is C12H12N2O3.